The normalized spacial score (nSPS) is 18.0. The molecule has 2 aliphatic rings. The monoisotopic (exact) mass is 429 g/mol. The van der Waals surface area contributed by atoms with Gasteiger partial charge in [0.2, 0.25) is 11.2 Å². The lowest BCUT2D eigenvalue weighted by molar-refractivity contribution is -0.152. The number of halogens is 3. The molecule has 0 amide bonds. The molecule has 0 saturated heterocycles. The van der Waals surface area contributed by atoms with Crippen LogP contribution in [-0.4, -0.2) is 17.7 Å². The van der Waals surface area contributed by atoms with Crippen molar-refractivity contribution < 1.29 is 22.3 Å². The van der Waals surface area contributed by atoms with Crippen LogP contribution in [0.1, 0.15) is 43.4 Å². The Bertz CT molecular complexity index is 1160. The Balaban J connectivity index is 1.69. The maximum atomic E-state index is 14.0. The van der Waals surface area contributed by atoms with E-state index in [1.807, 2.05) is 0 Å². The van der Waals surface area contributed by atoms with E-state index in [9.17, 15) is 18.0 Å². The Morgan fingerprint density at radius 3 is 2.42 bits per heavy atom. The Labute approximate surface area is 177 Å². The molecule has 1 fully saturated rings. The van der Waals surface area contributed by atoms with Crippen LogP contribution in [0, 0.1) is 0 Å². The Morgan fingerprint density at radius 2 is 1.71 bits per heavy atom. The van der Waals surface area contributed by atoms with Crippen LogP contribution in [0.5, 0.6) is 5.75 Å². The zero-order valence-corrected chi connectivity index (χ0v) is 16.9. The van der Waals surface area contributed by atoms with Crippen molar-refractivity contribution in [2.75, 3.05) is 6.73 Å². The van der Waals surface area contributed by atoms with E-state index < -0.39 is 22.9 Å². The number of fused-ring (bicyclic) bond motifs is 3. The molecule has 0 N–H and O–H groups in total. The number of hydrogen-bond donors (Lipinski definition) is 0. The number of nitrogens with zero attached hydrogens (tertiary/aromatic N) is 1. The maximum absolute atomic E-state index is 14.0. The first-order valence-electron chi connectivity index (χ1n) is 10.6. The first-order chi connectivity index (χ1) is 14.9. The fourth-order valence-corrected chi connectivity index (χ4v) is 4.73. The van der Waals surface area contributed by atoms with Gasteiger partial charge in [-0.2, -0.15) is 13.2 Å². The smallest absolute Gasteiger partial charge is 0.450 e. The molecule has 1 saturated carbocycles. The molecule has 31 heavy (non-hydrogen) atoms. The number of benzene rings is 2. The summed E-state index contributed by atoms with van der Waals surface area (Å²) in [6, 6.07) is 11.3. The molecule has 0 spiro atoms. The lowest BCUT2D eigenvalue weighted by Gasteiger charge is -2.37. The fraction of sp³-hybridized carbons (Fsp3) is 0.375. The van der Waals surface area contributed by atoms with Crippen LogP contribution >= 0.6 is 0 Å². The Kier molecular flexibility index (Phi) is 5.01. The van der Waals surface area contributed by atoms with Gasteiger partial charge in [-0.05, 0) is 30.5 Å². The molecule has 2 aromatic carbocycles. The Morgan fingerprint density at radius 1 is 0.968 bits per heavy atom. The van der Waals surface area contributed by atoms with Crippen molar-refractivity contribution in [3.05, 3.63) is 64.0 Å². The lowest BCUT2D eigenvalue weighted by Crippen LogP contribution is -2.41. The lowest BCUT2D eigenvalue weighted by atomic mass is 9.93. The summed E-state index contributed by atoms with van der Waals surface area (Å²) in [5.74, 6) is -0.789. The molecule has 3 aromatic rings. The van der Waals surface area contributed by atoms with Crippen molar-refractivity contribution in [1.82, 2.24) is 4.90 Å². The predicted molar refractivity (Wildman–Crippen MR) is 111 cm³/mol. The zero-order valence-electron chi connectivity index (χ0n) is 16.9. The van der Waals surface area contributed by atoms with Crippen LogP contribution in [-0.2, 0) is 12.7 Å². The number of rotatable bonds is 2. The van der Waals surface area contributed by atoms with Gasteiger partial charge in [0.25, 0.3) is 0 Å². The van der Waals surface area contributed by atoms with Gasteiger partial charge < -0.3 is 9.15 Å². The Hall–Kier alpha value is -2.80. The van der Waals surface area contributed by atoms with E-state index in [1.165, 1.54) is 24.6 Å². The highest BCUT2D eigenvalue weighted by atomic mass is 19.4. The summed E-state index contributed by atoms with van der Waals surface area (Å²) in [6.07, 6.45) is 0.754. The summed E-state index contributed by atoms with van der Waals surface area (Å²) in [6.45, 7) is 0.796. The second kappa shape index (κ2) is 7.71. The van der Waals surface area contributed by atoms with E-state index in [-0.39, 0.29) is 16.5 Å². The SMILES string of the molecule is O=c1c(-c2ccccc2)c(C(F)(F)F)oc2c3c(ccc12)OCN(C1CCCCC1)C3. The van der Waals surface area contributed by atoms with E-state index in [1.54, 1.807) is 24.3 Å². The van der Waals surface area contributed by atoms with Crippen LogP contribution in [0.25, 0.3) is 22.1 Å². The average Bonchev–Trinajstić information content (AvgIpc) is 2.79. The molecule has 0 bridgehead atoms. The standard InChI is InChI=1S/C24H22F3NO3/c25-24(26,27)23-20(15-7-3-1-4-8-15)21(29)17-11-12-19-18(22(17)31-23)13-28(14-30-19)16-9-5-2-6-10-16/h1,3-4,7-8,11-12,16H,2,5-6,9-10,13-14H2. The van der Waals surface area contributed by atoms with E-state index in [0.29, 0.717) is 30.6 Å². The first kappa shape index (κ1) is 20.1. The summed E-state index contributed by atoms with van der Waals surface area (Å²) >= 11 is 0. The van der Waals surface area contributed by atoms with Crippen LogP contribution in [0.3, 0.4) is 0 Å². The minimum absolute atomic E-state index is 0.0324. The molecular weight excluding hydrogens is 407 g/mol. The molecule has 162 valence electrons. The molecule has 7 heteroatoms. The highest BCUT2D eigenvalue weighted by Crippen LogP contribution is 2.40. The minimum atomic E-state index is -4.81. The second-order valence-corrected chi connectivity index (χ2v) is 8.23. The summed E-state index contributed by atoms with van der Waals surface area (Å²) in [4.78, 5) is 15.4. The van der Waals surface area contributed by atoms with Crippen molar-refractivity contribution in [2.24, 2.45) is 0 Å². The first-order valence-corrected chi connectivity index (χ1v) is 10.6. The van der Waals surface area contributed by atoms with Crippen molar-refractivity contribution in [1.29, 1.82) is 0 Å². The van der Waals surface area contributed by atoms with Crippen molar-refractivity contribution in [3.8, 4) is 16.9 Å². The third kappa shape index (κ3) is 3.61. The molecule has 0 radical (unpaired) electrons. The van der Waals surface area contributed by atoms with E-state index in [0.717, 1.165) is 25.7 Å². The summed E-state index contributed by atoms with van der Waals surface area (Å²) in [5, 5.41) is 0.139. The third-order valence-electron chi connectivity index (χ3n) is 6.28. The van der Waals surface area contributed by atoms with Crippen LogP contribution in [0.15, 0.2) is 51.7 Å². The number of alkyl halides is 3. The van der Waals surface area contributed by atoms with Gasteiger partial charge in [0.05, 0.1) is 16.5 Å². The van der Waals surface area contributed by atoms with Crippen LogP contribution in [0.2, 0.25) is 0 Å². The van der Waals surface area contributed by atoms with E-state index in [4.69, 9.17) is 9.15 Å². The molecule has 1 aliphatic carbocycles. The molecule has 1 aliphatic heterocycles. The summed E-state index contributed by atoms with van der Waals surface area (Å²) in [5.41, 5.74) is -0.478. The molecule has 5 rings (SSSR count). The van der Waals surface area contributed by atoms with Gasteiger partial charge >= 0.3 is 6.18 Å². The highest BCUT2D eigenvalue weighted by Gasteiger charge is 2.40. The van der Waals surface area contributed by atoms with Crippen molar-refractivity contribution >= 4 is 11.0 Å². The molecule has 0 unspecified atom stereocenters. The number of hydrogen-bond acceptors (Lipinski definition) is 4. The van der Waals surface area contributed by atoms with Crippen LogP contribution < -0.4 is 10.2 Å². The van der Waals surface area contributed by atoms with Gasteiger partial charge in [0.15, 0.2) is 0 Å². The van der Waals surface area contributed by atoms with Gasteiger partial charge in [-0.3, -0.25) is 9.69 Å². The minimum Gasteiger partial charge on any atom is -0.478 e. The van der Waals surface area contributed by atoms with Crippen molar-refractivity contribution in [3.63, 3.8) is 0 Å². The van der Waals surface area contributed by atoms with Gasteiger partial charge in [-0.15, -0.1) is 0 Å². The van der Waals surface area contributed by atoms with E-state index in [2.05, 4.69) is 4.90 Å². The largest absolute Gasteiger partial charge is 0.478 e. The van der Waals surface area contributed by atoms with Crippen LogP contribution in [0.4, 0.5) is 13.2 Å². The number of ether oxygens (including phenoxy) is 1. The van der Waals surface area contributed by atoms with Gasteiger partial charge in [-0.1, -0.05) is 49.6 Å². The third-order valence-corrected chi connectivity index (χ3v) is 6.28. The second-order valence-electron chi connectivity index (χ2n) is 8.23. The zero-order chi connectivity index (χ0) is 21.6. The molecule has 2 heterocycles. The summed E-state index contributed by atoms with van der Waals surface area (Å²) < 4.78 is 53.3. The van der Waals surface area contributed by atoms with Gasteiger partial charge in [-0.25, -0.2) is 0 Å². The van der Waals surface area contributed by atoms with E-state index >= 15 is 0 Å². The highest BCUT2D eigenvalue weighted by molar-refractivity contribution is 5.87. The molecule has 1 aromatic heterocycles. The van der Waals surface area contributed by atoms with Crippen molar-refractivity contribution in [2.45, 2.75) is 50.9 Å². The molecular formula is C24H22F3NO3. The van der Waals surface area contributed by atoms with Gasteiger partial charge in [0.1, 0.15) is 18.1 Å². The van der Waals surface area contributed by atoms with Gasteiger partial charge in [0, 0.05) is 12.6 Å². The quantitative estimate of drug-likeness (QED) is 0.504. The predicted octanol–water partition coefficient (Wildman–Crippen LogP) is 5.96. The average molecular weight is 429 g/mol. The molecule has 4 nitrogen and oxygen atoms in total. The molecule has 0 atom stereocenters. The fourth-order valence-electron chi connectivity index (χ4n) is 4.73. The maximum Gasteiger partial charge on any atom is 0.450 e. The summed E-state index contributed by atoms with van der Waals surface area (Å²) in [7, 11) is 0. The topological polar surface area (TPSA) is 42.7 Å².